The summed E-state index contributed by atoms with van der Waals surface area (Å²) in [6, 6.07) is 13.0. The van der Waals surface area contributed by atoms with Crippen molar-refractivity contribution in [1.82, 2.24) is 10.3 Å². The topological polar surface area (TPSA) is 68.3 Å². The zero-order chi connectivity index (χ0) is 23.1. The van der Waals surface area contributed by atoms with Crippen LogP contribution in [0.5, 0.6) is 5.75 Å². The summed E-state index contributed by atoms with van der Waals surface area (Å²) in [5, 5.41) is 3.55. The summed E-state index contributed by atoms with van der Waals surface area (Å²) in [6.45, 7) is 1.82. The van der Waals surface area contributed by atoms with E-state index in [2.05, 4.69) is 10.3 Å². The SMILES string of the molecule is CC(=O)c1c(C(=O)N[C@H]2CCOc3ccc(F)cc32)sc2c(-c3cccc(Cl)c3)ccnc12. The van der Waals surface area contributed by atoms with Crippen LogP contribution in [0.25, 0.3) is 21.3 Å². The summed E-state index contributed by atoms with van der Waals surface area (Å²) in [5.74, 6) is -0.510. The van der Waals surface area contributed by atoms with E-state index in [9.17, 15) is 14.0 Å². The number of rotatable bonds is 4. The molecule has 5 nitrogen and oxygen atoms in total. The van der Waals surface area contributed by atoms with Gasteiger partial charge in [-0.05, 0) is 48.9 Å². The zero-order valence-corrected chi connectivity index (χ0v) is 19.1. The highest BCUT2D eigenvalue weighted by molar-refractivity contribution is 7.21. The molecular weight excluding hydrogens is 463 g/mol. The van der Waals surface area contributed by atoms with Crippen molar-refractivity contribution in [2.45, 2.75) is 19.4 Å². The molecule has 2 aromatic carbocycles. The number of halogens is 2. The van der Waals surface area contributed by atoms with Gasteiger partial charge in [0.25, 0.3) is 5.91 Å². The van der Waals surface area contributed by atoms with Crippen LogP contribution in [-0.4, -0.2) is 23.3 Å². The fourth-order valence-electron chi connectivity index (χ4n) is 4.10. The number of nitrogens with zero attached hydrogens (tertiary/aromatic N) is 1. The molecule has 4 aromatic rings. The Bertz CT molecular complexity index is 1420. The van der Waals surface area contributed by atoms with Crippen molar-refractivity contribution >= 4 is 44.8 Å². The van der Waals surface area contributed by atoms with Crippen LogP contribution in [0.1, 0.15) is 45.0 Å². The van der Waals surface area contributed by atoms with Gasteiger partial charge in [-0.25, -0.2) is 4.39 Å². The van der Waals surface area contributed by atoms with Gasteiger partial charge in [-0.2, -0.15) is 0 Å². The number of pyridine rings is 1. The summed E-state index contributed by atoms with van der Waals surface area (Å²) >= 11 is 7.39. The highest BCUT2D eigenvalue weighted by Crippen LogP contribution is 2.39. The highest BCUT2D eigenvalue weighted by Gasteiger charge is 2.28. The number of hydrogen-bond donors (Lipinski definition) is 1. The molecule has 1 atom stereocenters. The van der Waals surface area contributed by atoms with E-state index >= 15 is 0 Å². The minimum atomic E-state index is -0.428. The zero-order valence-electron chi connectivity index (χ0n) is 17.5. The lowest BCUT2D eigenvalue weighted by Crippen LogP contribution is -2.32. The molecule has 0 aliphatic carbocycles. The standard InChI is InChI=1S/C25H18ClFN2O3S/c1-13(30)21-22-23(17(7-9-28-22)14-3-2-4-15(26)11-14)33-24(21)25(31)29-19-8-10-32-20-6-5-16(27)12-18(19)20/h2-7,9,11-12,19H,8,10H2,1H3,(H,29,31)/t19-/m0/s1. The van der Waals surface area contributed by atoms with Crippen LogP contribution < -0.4 is 10.1 Å². The molecule has 0 spiro atoms. The number of benzene rings is 2. The normalized spacial score (nSPS) is 15.1. The lowest BCUT2D eigenvalue weighted by Gasteiger charge is -2.26. The van der Waals surface area contributed by atoms with Crippen LogP contribution in [0.15, 0.2) is 54.7 Å². The summed E-state index contributed by atoms with van der Waals surface area (Å²) < 4.78 is 20.2. The molecule has 1 N–H and O–H groups in total. The Morgan fingerprint density at radius 3 is 2.85 bits per heavy atom. The lowest BCUT2D eigenvalue weighted by atomic mass is 10.00. The van der Waals surface area contributed by atoms with Gasteiger partial charge in [-0.15, -0.1) is 11.3 Å². The van der Waals surface area contributed by atoms with Gasteiger partial charge in [0, 0.05) is 28.8 Å². The van der Waals surface area contributed by atoms with Crippen molar-refractivity contribution < 1.29 is 18.7 Å². The largest absolute Gasteiger partial charge is 0.493 e. The van der Waals surface area contributed by atoms with Crippen LogP contribution >= 0.6 is 22.9 Å². The summed E-state index contributed by atoms with van der Waals surface area (Å²) in [4.78, 5) is 30.6. The first-order valence-corrected chi connectivity index (χ1v) is 11.5. The van der Waals surface area contributed by atoms with E-state index in [0.29, 0.717) is 34.9 Å². The van der Waals surface area contributed by atoms with Gasteiger partial charge in [0.1, 0.15) is 16.4 Å². The molecule has 0 radical (unpaired) electrons. The second kappa shape index (κ2) is 8.57. The fourth-order valence-corrected chi connectivity index (χ4v) is 5.53. The molecule has 8 heteroatoms. The molecule has 1 aliphatic heterocycles. The minimum absolute atomic E-state index is 0.249. The molecule has 33 heavy (non-hydrogen) atoms. The molecule has 166 valence electrons. The van der Waals surface area contributed by atoms with Gasteiger partial charge >= 0.3 is 0 Å². The van der Waals surface area contributed by atoms with E-state index in [-0.39, 0.29) is 16.2 Å². The van der Waals surface area contributed by atoms with Gasteiger partial charge < -0.3 is 10.1 Å². The predicted molar refractivity (Wildman–Crippen MR) is 127 cm³/mol. The van der Waals surface area contributed by atoms with Gasteiger partial charge in [0.05, 0.1) is 28.4 Å². The molecule has 0 saturated heterocycles. The van der Waals surface area contributed by atoms with Crippen molar-refractivity contribution in [3.8, 4) is 16.9 Å². The Morgan fingerprint density at radius 1 is 1.21 bits per heavy atom. The van der Waals surface area contributed by atoms with E-state index in [1.54, 1.807) is 18.3 Å². The van der Waals surface area contributed by atoms with Gasteiger partial charge in [-0.1, -0.05) is 23.7 Å². The highest BCUT2D eigenvalue weighted by atomic mass is 35.5. The van der Waals surface area contributed by atoms with Crippen molar-refractivity contribution in [2.75, 3.05) is 6.61 Å². The van der Waals surface area contributed by atoms with E-state index in [0.717, 1.165) is 15.8 Å². The summed E-state index contributed by atoms with van der Waals surface area (Å²) in [6.07, 6.45) is 2.12. The molecule has 0 unspecified atom stereocenters. The number of ether oxygens (including phenoxy) is 1. The second-order valence-electron chi connectivity index (χ2n) is 7.75. The Morgan fingerprint density at radius 2 is 2.06 bits per heavy atom. The average molecular weight is 481 g/mol. The van der Waals surface area contributed by atoms with Crippen LogP contribution in [0, 0.1) is 5.82 Å². The number of hydrogen-bond acceptors (Lipinski definition) is 5. The first kappa shape index (κ1) is 21.6. The first-order chi connectivity index (χ1) is 15.9. The Kier molecular flexibility index (Phi) is 5.60. The number of aromatic nitrogens is 1. The quantitative estimate of drug-likeness (QED) is 0.352. The van der Waals surface area contributed by atoms with E-state index in [1.807, 2.05) is 24.3 Å². The van der Waals surface area contributed by atoms with Gasteiger partial charge in [-0.3, -0.25) is 14.6 Å². The van der Waals surface area contributed by atoms with Crippen molar-refractivity contribution in [1.29, 1.82) is 0 Å². The molecule has 0 saturated carbocycles. The Labute approximate surface area is 198 Å². The molecule has 5 rings (SSSR count). The van der Waals surface area contributed by atoms with Crippen LogP contribution in [0.2, 0.25) is 5.02 Å². The van der Waals surface area contributed by atoms with Crippen molar-refractivity contribution in [3.63, 3.8) is 0 Å². The maximum absolute atomic E-state index is 13.8. The summed E-state index contributed by atoms with van der Waals surface area (Å²) in [5.41, 5.74) is 3.05. The average Bonchev–Trinajstić information content (AvgIpc) is 3.20. The number of fused-ring (bicyclic) bond motifs is 2. The molecule has 0 bridgehead atoms. The number of ketones is 1. The molecule has 3 heterocycles. The minimum Gasteiger partial charge on any atom is -0.493 e. The lowest BCUT2D eigenvalue weighted by molar-refractivity contribution is 0.0918. The predicted octanol–water partition coefficient (Wildman–Crippen LogP) is 6.21. The second-order valence-corrected chi connectivity index (χ2v) is 9.21. The van der Waals surface area contributed by atoms with Crippen molar-refractivity contribution in [3.05, 3.63) is 81.6 Å². The number of amides is 1. The van der Waals surface area contributed by atoms with E-state index in [4.69, 9.17) is 16.3 Å². The molecule has 1 amide bonds. The number of Topliss-reactive ketones (excluding diaryl/α,β-unsaturated/α-hetero) is 1. The monoisotopic (exact) mass is 480 g/mol. The summed E-state index contributed by atoms with van der Waals surface area (Å²) in [7, 11) is 0. The third-order valence-corrected chi connectivity index (χ3v) is 7.03. The van der Waals surface area contributed by atoms with Crippen LogP contribution in [0.4, 0.5) is 4.39 Å². The van der Waals surface area contributed by atoms with Crippen molar-refractivity contribution in [2.24, 2.45) is 0 Å². The van der Waals surface area contributed by atoms with E-state index < -0.39 is 17.8 Å². The molecular formula is C25H18ClFN2O3S. The third-order valence-electron chi connectivity index (χ3n) is 5.58. The maximum Gasteiger partial charge on any atom is 0.262 e. The first-order valence-electron chi connectivity index (χ1n) is 10.3. The number of nitrogens with one attached hydrogen (secondary N) is 1. The van der Waals surface area contributed by atoms with E-state index in [1.165, 1.54) is 30.4 Å². The van der Waals surface area contributed by atoms with Gasteiger partial charge in [0.2, 0.25) is 0 Å². The molecule has 0 fully saturated rings. The fraction of sp³-hybridized carbons (Fsp3) is 0.160. The maximum atomic E-state index is 13.8. The van der Waals surface area contributed by atoms with Crippen LogP contribution in [-0.2, 0) is 0 Å². The van der Waals surface area contributed by atoms with Crippen LogP contribution in [0.3, 0.4) is 0 Å². The molecule has 2 aromatic heterocycles. The number of carbonyl (C=O) groups is 2. The smallest absolute Gasteiger partial charge is 0.262 e. The Hall–Kier alpha value is -3.29. The number of carbonyl (C=O) groups excluding carboxylic acids is 2. The Balaban J connectivity index is 1.58. The third kappa shape index (κ3) is 3.98. The molecule has 1 aliphatic rings. The number of thiophene rings is 1. The van der Waals surface area contributed by atoms with Gasteiger partial charge in [0.15, 0.2) is 5.78 Å².